The van der Waals surface area contributed by atoms with Gasteiger partial charge in [0.25, 0.3) is 0 Å². The van der Waals surface area contributed by atoms with Crippen LogP contribution >= 0.6 is 11.3 Å². The maximum atomic E-state index is 11.5. The minimum atomic E-state index is -0.765. The molecular weight excluding hydrogens is 268 g/mol. The molecular formula is C11H16N4O3S. The van der Waals surface area contributed by atoms with Gasteiger partial charge in [-0.25, -0.2) is 4.98 Å². The van der Waals surface area contributed by atoms with Crippen LogP contribution in [0.4, 0.5) is 5.13 Å². The zero-order valence-corrected chi connectivity index (χ0v) is 11.4. The molecule has 1 aliphatic heterocycles. The molecule has 19 heavy (non-hydrogen) atoms. The van der Waals surface area contributed by atoms with Crippen molar-refractivity contribution < 1.29 is 14.7 Å². The van der Waals surface area contributed by atoms with Crippen molar-refractivity contribution in [2.75, 3.05) is 32.1 Å². The van der Waals surface area contributed by atoms with Gasteiger partial charge in [-0.1, -0.05) is 0 Å². The van der Waals surface area contributed by atoms with E-state index in [1.807, 2.05) is 7.05 Å². The van der Waals surface area contributed by atoms with Gasteiger partial charge in [0.05, 0.1) is 12.3 Å². The van der Waals surface area contributed by atoms with Crippen molar-refractivity contribution in [1.29, 1.82) is 0 Å². The van der Waals surface area contributed by atoms with E-state index in [1.54, 1.807) is 0 Å². The van der Waals surface area contributed by atoms with E-state index in [9.17, 15) is 9.59 Å². The van der Waals surface area contributed by atoms with Crippen molar-refractivity contribution in [1.82, 2.24) is 15.2 Å². The molecule has 104 valence electrons. The van der Waals surface area contributed by atoms with Gasteiger partial charge in [0.2, 0.25) is 0 Å². The standard InChI is InChI=1S/C11H16N4O3S/c1-15-4-2-7-8(6-15)19-11(13-7)14-10(18)9(17)12-3-5-16/h16H,2-6H2,1H3,(H,12,17)(H,13,14,18). The molecule has 0 fully saturated rings. The maximum Gasteiger partial charge on any atom is 0.315 e. The van der Waals surface area contributed by atoms with Gasteiger partial charge in [0.15, 0.2) is 5.13 Å². The number of aromatic nitrogens is 1. The lowest BCUT2D eigenvalue weighted by atomic mass is 10.2. The normalized spacial score (nSPS) is 14.8. The highest BCUT2D eigenvalue weighted by atomic mass is 32.1. The molecule has 0 aliphatic carbocycles. The number of nitrogens with zero attached hydrogens (tertiary/aromatic N) is 2. The van der Waals surface area contributed by atoms with E-state index in [-0.39, 0.29) is 13.2 Å². The first kappa shape index (κ1) is 13.9. The number of nitrogens with one attached hydrogen (secondary N) is 2. The Morgan fingerprint density at radius 1 is 1.47 bits per heavy atom. The van der Waals surface area contributed by atoms with E-state index < -0.39 is 11.8 Å². The lowest BCUT2D eigenvalue weighted by Crippen LogP contribution is -2.36. The molecule has 7 nitrogen and oxygen atoms in total. The van der Waals surface area contributed by atoms with Crippen molar-refractivity contribution in [3.63, 3.8) is 0 Å². The molecule has 3 N–H and O–H groups in total. The van der Waals surface area contributed by atoms with E-state index in [0.717, 1.165) is 30.1 Å². The lowest BCUT2D eigenvalue weighted by molar-refractivity contribution is -0.136. The monoisotopic (exact) mass is 284 g/mol. The summed E-state index contributed by atoms with van der Waals surface area (Å²) in [6.45, 7) is 1.63. The van der Waals surface area contributed by atoms with Crippen LogP contribution in [0.25, 0.3) is 0 Å². The molecule has 1 aromatic heterocycles. The fraction of sp³-hybridized carbons (Fsp3) is 0.545. The van der Waals surface area contributed by atoms with Crippen LogP contribution in [0.3, 0.4) is 0 Å². The highest BCUT2D eigenvalue weighted by Gasteiger charge is 2.20. The Balaban J connectivity index is 1.96. The van der Waals surface area contributed by atoms with Crippen LogP contribution in [0.2, 0.25) is 0 Å². The number of hydrogen-bond donors (Lipinski definition) is 3. The Kier molecular flexibility index (Phi) is 4.46. The van der Waals surface area contributed by atoms with Crippen LogP contribution in [0, 0.1) is 0 Å². The van der Waals surface area contributed by atoms with Gasteiger partial charge in [-0.05, 0) is 7.05 Å². The second-order valence-corrected chi connectivity index (χ2v) is 5.39. The Labute approximate surface area is 114 Å². The second-order valence-electron chi connectivity index (χ2n) is 4.31. The number of carbonyl (C=O) groups is 2. The highest BCUT2D eigenvalue weighted by Crippen LogP contribution is 2.27. The van der Waals surface area contributed by atoms with Gasteiger partial charge in [-0.2, -0.15) is 0 Å². The number of aliphatic hydroxyl groups is 1. The predicted molar refractivity (Wildman–Crippen MR) is 70.9 cm³/mol. The minimum Gasteiger partial charge on any atom is -0.395 e. The van der Waals surface area contributed by atoms with E-state index in [4.69, 9.17) is 5.11 Å². The fourth-order valence-corrected chi connectivity index (χ4v) is 2.86. The molecule has 0 saturated heterocycles. The van der Waals surface area contributed by atoms with Gasteiger partial charge in [0, 0.05) is 30.9 Å². The molecule has 0 saturated carbocycles. The summed E-state index contributed by atoms with van der Waals surface area (Å²) in [5, 5.41) is 13.8. The first-order chi connectivity index (χ1) is 9.10. The summed E-state index contributed by atoms with van der Waals surface area (Å²) in [6.07, 6.45) is 0.856. The molecule has 0 radical (unpaired) electrons. The summed E-state index contributed by atoms with van der Waals surface area (Å²) in [7, 11) is 2.03. The average Bonchev–Trinajstić information content (AvgIpc) is 2.77. The van der Waals surface area contributed by atoms with E-state index in [1.165, 1.54) is 11.3 Å². The Morgan fingerprint density at radius 2 is 2.26 bits per heavy atom. The van der Waals surface area contributed by atoms with Gasteiger partial charge in [0.1, 0.15) is 0 Å². The van der Waals surface area contributed by atoms with Gasteiger partial charge >= 0.3 is 11.8 Å². The van der Waals surface area contributed by atoms with E-state index in [2.05, 4.69) is 20.5 Å². The van der Waals surface area contributed by atoms with Crippen molar-refractivity contribution in [2.24, 2.45) is 0 Å². The van der Waals surface area contributed by atoms with Crippen LogP contribution < -0.4 is 10.6 Å². The Morgan fingerprint density at radius 3 is 3.00 bits per heavy atom. The first-order valence-corrected chi connectivity index (χ1v) is 6.79. The largest absolute Gasteiger partial charge is 0.395 e. The smallest absolute Gasteiger partial charge is 0.315 e. The highest BCUT2D eigenvalue weighted by molar-refractivity contribution is 7.16. The molecule has 2 rings (SSSR count). The van der Waals surface area contributed by atoms with Gasteiger partial charge in [-0.3, -0.25) is 14.9 Å². The van der Waals surface area contributed by atoms with Crippen LogP contribution in [0.15, 0.2) is 0 Å². The fourth-order valence-electron chi connectivity index (χ4n) is 1.78. The molecule has 0 unspecified atom stereocenters. The quantitative estimate of drug-likeness (QED) is 0.630. The first-order valence-electron chi connectivity index (χ1n) is 5.97. The zero-order chi connectivity index (χ0) is 13.8. The molecule has 0 bridgehead atoms. The second kappa shape index (κ2) is 6.09. The predicted octanol–water partition coefficient (Wildman–Crippen LogP) is -0.822. The Bertz CT molecular complexity index is 488. The minimum absolute atomic E-state index is 0.0609. The molecule has 1 aromatic rings. The number of anilines is 1. The third-order valence-corrected chi connectivity index (χ3v) is 3.74. The average molecular weight is 284 g/mol. The maximum absolute atomic E-state index is 11.5. The third-order valence-electron chi connectivity index (χ3n) is 2.75. The molecule has 2 heterocycles. The topological polar surface area (TPSA) is 94.6 Å². The van der Waals surface area contributed by atoms with Gasteiger partial charge < -0.3 is 15.3 Å². The van der Waals surface area contributed by atoms with Crippen LogP contribution in [-0.2, 0) is 22.6 Å². The van der Waals surface area contributed by atoms with E-state index >= 15 is 0 Å². The molecule has 0 aromatic carbocycles. The van der Waals surface area contributed by atoms with Crippen molar-refractivity contribution in [3.8, 4) is 0 Å². The van der Waals surface area contributed by atoms with Crippen molar-refractivity contribution in [3.05, 3.63) is 10.6 Å². The molecule has 0 spiro atoms. The number of likely N-dealkylation sites (N-methyl/N-ethyl adjacent to an activating group) is 1. The zero-order valence-electron chi connectivity index (χ0n) is 10.6. The third kappa shape index (κ3) is 3.49. The lowest BCUT2D eigenvalue weighted by Gasteiger charge is -2.20. The number of hydrogen-bond acceptors (Lipinski definition) is 6. The summed E-state index contributed by atoms with van der Waals surface area (Å²) < 4.78 is 0. The number of rotatable bonds is 3. The van der Waals surface area contributed by atoms with Crippen molar-refractivity contribution in [2.45, 2.75) is 13.0 Å². The Hall–Kier alpha value is -1.51. The SMILES string of the molecule is CN1CCc2nc(NC(=O)C(=O)NCCO)sc2C1. The summed E-state index contributed by atoms with van der Waals surface area (Å²) in [4.78, 5) is 30.5. The number of carbonyl (C=O) groups excluding carboxylic acids is 2. The summed E-state index contributed by atoms with van der Waals surface area (Å²) in [6, 6.07) is 0. The molecule has 8 heteroatoms. The summed E-state index contributed by atoms with van der Waals surface area (Å²) in [5.74, 6) is -1.52. The van der Waals surface area contributed by atoms with Crippen LogP contribution in [0.5, 0.6) is 0 Å². The van der Waals surface area contributed by atoms with Gasteiger partial charge in [-0.15, -0.1) is 11.3 Å². The van der Waals surface area contributed by atoms with Crippen LogP contribution in [-0.4, -0.2) is 53.5 Å². The summed E-state index contributed by atoms with van der Waals surface area (Å²) in [5.41, 5.74) is 0.995. The molecule has 1 aliphatic rings. The van der Waals surface area contributed by atoms with Crippen molar-refractivity contribution >= 4 is 28.3 Å². The summed E-state index contributed by atoms with van der Waals surface area (Å²) >= 11 is 1.39. The molecule has 2 amide bonds. The number of thiazole rings is 1. The van der Waals surface area contributed by atoms with Crippen LogP contribution in [0.1, 0.15) is 10.6 Å². The number of aliphatic hydroxyl groups excluding tert-OH is 1. The number of amides is 2. The number of fused-ring (bicyclic) bond motifs is 1. The molecule has 0 atom stereocenters. The van der Waals surface area contributed by atoms with E-state index in [0.29, 0.717) is 5.13 Å².